The highest BCUT2D eigenvalue weighted by molar-refractivity contribution is 5.85. The molecule has 0 saturated heterocycles. The Labute approximate surface area is 129 Å². The molecule has 0 aromatic carbocycles. The van der Waals surface area contributed by atoms with Gasteiger partial charge in [-0.1, -0.05) is 19.2 Å². The van der Waals surface area contributed by atoms with E-state index in [1.54, 1.807) is 13.0 Å². The van der Waals surface area contributed by atoms with E-state index in [1.165, 1.54) is 26.8 Å². The molecule has 0 aliphatic heterocycles. The molecule has 0 rings (SSSR count). The van der Waals surface area contributed by atoms with E-state index in [0.29, 0.717) is 0 Å². The second kappa shape index (κ2) is 13.1. The number of nitrogens with zero attached hydrogens (tertiary/aromatic N) is 1. The maximum absolute atomic E-state index is 9.94. The maximum atomic E-state index is 9.94. The van der Waals surface area contributed by atoms with Crippen LogP contribution in [0.15, 0.2) is 36.0 Å². The lowest BCUT2D eigenvalue weighted by molar-refractivity contribution is -0.300. The van der Waals surface area contributed by atoms with Gasteiger partial charge in [0.05, 0.1) is 29.9 Å². The summed E-state index contributed by atoms with van der Waals surface area (Å²) in [5.74, 6) is -4.29. The lowest BCUT2D eigenvalue weighted by Crippen LogP contribution is -2.26. The predicted octanol–water partition coefficient (Wildman–Crippen LogP) is -1.53. The van der Waals surface area contributed by atoms with Gasteiger partial charge in [-0.2, -0.15) is 5.26 Å². The largest absolute Gasteiger partial charge is 0.545 e. The normalized spacial score (nSPS) is 10.4. The average Bonchev–Trinajstić information content (AvgIpc) is 2.45. The highest BCUT2D eigenvalue weighted by atomic mass is 16.4. The summed E-state index contributed by atoms with van der Waals surface area (Å²) in [4.78, 5) is 29.2. The Morgan fingerprint density at radius 1 is 1.05 bits per heavy atom. The first-order valence-electron chi connectivity index (χ1n) is 5.93. The van der Waals surface area contributed by atoms with Gasteiger partial charge in [-0.15, -0.1) is 0 Å². The molecule has 0 aromatic heterocycles. The summed E-state index contributed by atoms with van der Waals surface area (Å²) in [6, 6.07) is 1.73. The van der Waals surface area contributed by atoms with Crippen LogP contribution < -0.4 is 15.3 Å². The number of hydrogen-bond donors (Lipinski definition) is 0. The number of carboxylic acids is 3. The van der Waals surface area contributed by atoms with Crippen molar-refractivity contribution >= 4 is 17.9 Å². The van der Waals surface area contributed by atoms with Gasteiger partial charge >= 0.3 is 0 Å². The Balaban J connectivity index is -0.000000252. The van der Waals surface area contributed by atoms with Crippen molar-refractivity contribution in [1.82, 2.24) is 0 Å². The number of nitriles is 1. The molecule has 0 heterocycles. The third-order valence-electron chi connectivity index (χ3n) is 2.08. The van der Waals surface area contributed by atoms with Crippen LogP contribution in [-0.2, 0) is 14.4 Å². The van der Waals surface area contributed by atoms with Crippen molar-refractivity contribution in [2.24, 2.45) is 5.92 Å². The van der Waals surface area contributed by atoms with E-state index in [0.717, 1.165) is 0 Å². The monoisotopic (exact) mass is 308 g/mol. The van der Waals surface area contributed by atoms with E-state index in [1.807, 2.05) is 0 Å². The number of carbonyl (C=O) groups is 3. The number of carbonyl (C=O) groups excluding carboxylic acids is 3. The van der Waals surface area contributed by atoms with Gasteiger partial charge in [-0.3, -0.25) is 0 Å². The predicted molar refractivity (Wildman–Crippen MR) is 73.2 cm³/mol. The van der Waals surface area contributed by atoms with E-state index in [9.17, 15) is 29.7 Å². The van der Waals surface area contributed by atoms with E-state index in [4.69, 9.17) is 5.26 Å². The number of allylic oxidation sites excluding steroid dienone is 1. The molecule has 0 amide bonds. The molecule has 22 heavy (non-hydrogen) atoms. The fraction of sp³-hybridized carbons (Fsp3) is 0.333. The third-order valence-corrected chi connectivity index (χ3v) is 2.08. The Hall–Kier alpha value is -2.88. The van der Waals surface area contributed by atoms with Crippen LogP contribution in [0.2, 0.25) is 0 Å². The zero-order valence-electron chi connectivity index (χ0n) is 13.0. The summed E-state index contributed by atoms with van der Waals surface area (Å²) in [7, 11) is 0. The van der Waals surface area contributed by atoms with Gasteiger partial charge in [0.2, 0.25) is 0 Å². The zero-order chi connectivity index (χ0) is 18.5. The van der Waals surface area contributed by atoms with Gasteiger partial charge in [0.25, 0.3) is 0 Å². The molecular weight excluding hydrogens is 290 g/mol. The first-order valence-corrected chi connectivity index (χ1v) is 5.93. The second-order valence-corrected chi connectivity index (χ2v) is 3.99. The fourth-order valence-electron chi connectivity index (χ4n) is 0.373. The van der Waals surface area contributed by atoms with Crippen LogP contribution in [0.5, 0.6) is 0 Å². The summed E-state index contributed by atoms with van der Waals surface area (Å²) < 4.78 is 0. The Kier molecular flexibility index (Phi) is 14.4. The molecule has 0 spiro atoms. The van der Waals surface area contributed by atoms with Crippen molar-refractivity contribution in [2.45, 2.75) is 27.7 Å². The number of aliphatic carboxylic acids is 3. The van der Waals surface area contributed by atoms with Crippen LogP contribution >= 0.6 is 0 Å². The minimum absolute atomic E-state index is 0.0648. The van der Waals surface area contributed by atoms with Crippen molar-refractivity contribution in [2.75, 3.05) is 0 Å². The van der Waals surface area contributed by atoms with Crippen molar-refractivity contribution in [3.63, 3.8) is 0 Å². The smallest absolute Gasteiger partial charge is 0.0701 e. The van der Waals surface area contributed by atoms with Crippen LogP contribution in [0.4, 0.5) is 0 Å². The summed E-state index contributed by atoms with van der Waals surface area (Å²) in [6.07, 6.45) is 1.50. The van der Waals surface area contributed by atoms with Gasteiger partial charge in [0, 0.05) is 0 Å². The summed E-state index contributed by atoms with van der Waals surface area (Å²) >= 11 is 0. The standard InChI is InChI=1S/C6H7NO2.C5H8O2.C4H6O2/c1-4(3-7)5(2)6(8)9;1-3-4(2)5(6)7;1-3(2)4(5)6/h4H,2H2,1H3,(H,8,9);3H,1-2H3,(H,6,7);1H2,2H3,(H,5,6)/p-3/b;4-3+;. The van der Waals surface area contributed by atoms with Gasteiger partial charge < -0.3 is 29.7 Å². The molecule has 0 fully saturated rings. The first kappa shape index (κ1) is 24.2. The maximum Gasteiger partial charge on any atom is 0.0701 e. The summed E-state index contributed by atoms with van der Waals surface area (Å²) in [5, 5.41) is 37.3. The van der Waals surface area contributed by atoms with Crippen molar-refractivity contribution in [3.05, 3.63) is 36.0 Å². The van der Waals surface area contributed by atoms with Crippen LogP contribution in [-0.4, -0.2) is 17.9 Å². The van der Waals surface area contributed by atoms with Gasteiger partial charge in [0.15, 0.2) is 0 Å². The molecule has 0 aromatic rings. The molecule has 7 heteroatoms. The van der Waals surface area contributed by atoms with Gasteiger partial charge in [0.1, 0.15) is 0 Å². The minimum atomic E-state index is -1.36. The van der Waals surface area contributed by atoms with E-state index >= 15 is 0 Å². The molecule has 1 atom stereocenters. The van der Waals surface area contributed by atoms with E-state index in [2.05, 4.69) is 13.2 Å². The number of hydrogen-bond acceptors (Lipinski definition) is 7. The number of carboxylic acid groups (broad SMARTS) is 3. The Bertz CT molecular complexity index is 499. The third kappa shape index (κ3) is 15.2. The van der Waals surface area contributed by atoms with E-state index in [-0.39, 0.29) is 16.7 Å². The van der Waals surface area contributed by atoms with Crippen LogP contribution in [0.25, 0.3) is 0 Å². The second-order valence-electron chi connectivity index (χ2n) is 3.99. The zero-order valence-corrected chi connectivity index (χ0v) is 13.0. The molecule has 0 radical (unpaired) electrons. The van der Waals surface area contributed by atoms with Crippen molar-refractivity contribution < 1.29 is 29.7 Å². The molecule has 0 aliphatic rings. The molecule has 0 N–H and O–H groups in total. The highest BCUT2D eigenvalue weighted by Crippen LogP contribution is 2.03. The quantitative estimate of drug-likeness (QED) is 0.572. The van der Waals surface area contributed by atoms with Gasteiger partial charge in [-0.05, 0) is 44.4 Å². The van der Waals surface area contributed by atoms with Gasteiger partial charge in [-0.25, -0.2) is 0 Å². The average molecular weight is 308 g/mol. The molecule has 0 bridgehead atoms. The first-order chi connectivity index (χ1) is 9.91. The van der Waals surface area contributed by atoms with Crippen molar-refractivity contribution in [3.8, 4) is 6.07 Å². The van der Waals surface area contributed by atoms with Crippen LogP contribution in [0, 0.1) is 17.2 Å². The SMILES string of the molecule is C/C=C(\C)C(=O)[O-].C=C(C(=O)[O-])C(C)C#N.C=C(C)C(=O)[O-]. The topological polar surface area (TPSA) is 144 Å². The molecule has 0 saturated carbocycles. The van der Waals surface area contributed by atoms with Crippen LogP contribution in [0.1, 0.15) is 27.7 Å². The molecular formula is C15H18NO6-3. The number of rotatable bonds is 4. The molecule has 1 unspecified atom stereocenters. The van der Waals surface area contributed by atoms with E-state index < -0.39 is 23.8 Å². The summed E-state index contributed by atoms with van der Waals surface area (Å²) in [5.41, 5.74) is 0.174. The minimum Gasteiger partial charge on any atom is -0.545 e. The lowest BCUT2D eigenvalue weighted by atomic mass is 10.1. The molecule has 122 valence electrons. The lowest BCUT2D eigenvalue weighted by Gasteiger charge is -2.05. The van der Waals surface area contributed by atoms with Crippen molar-refractivity contribution in [1.29, 1.82) is 5.26 Å². The highest BCUT2D eigenvalue weighted by Gasteiger charge is 2.03. The Morgan fingerprint density at radius 2 is 1.41 bits per heavy atom. The molecule has 0 aliphatic carbocycles. The van der Waals surface area contributed by atoms with Crippen LogP contribution in [0.3, 0.4) is 0 Å². The summed E-state index contributed by atoms with van der Waals surface area (Å²) in [6.45, 7) is 12.2. The molecule has 7 nitrogen and oxygen atoms in total. The Morgan fingerprint density at radius 3 is 1.45 bits per heavy atom. The fourth-order valence-corrected chi connectivity index (χ4v) is 0.373.